The lowest BCUT2D eigenvalue weighted by Gasteiger charge is -2.02. The van der Waals surface area contributed by atoms with Crippen LogP contribution in [0.15, 0.2) is 41.8 Å². The fraction of sp³-hybridized carbons (Fsp3) is 0.167. The van der Waals surface area contributed by atoms with E-state index in [0.717, 1.165) is 16.9 Å². The number of H-pyrrole nitrogens is 1. The van der Waals surface area contributed by atoms with E-state index in [1.54, 1.807) is 12.7 Å². The van der Waals surface area contributed by atoms with E-state index < -0.39 is 0 Å². The van der Waals surface area contributed by atoms with Gasteiger partial charge in [0, 0.05) is 25.9 Å². The molecule has 0 unspecified atom stereocenters. The smallest absolute Gasteiger partial charge is 0.0927 e. The van der Waals surface area contributed by atoms with Gasteiger partial charge < -0.3 is 9.88 Å². The molecule has 0 aliphatic carbocycles. The molecule has 4 heteroatoms. The lowest BCUT2D eigenvalue weighted by atomic mass is 10.1. The average molecular weight is 214 g/mol. The van der Waals surface area contributed by atoms with Crippen LogP contribution < -0.4 is 0 Å². The van der Waals surface area contributed by atoms with Crippen molar-refractivity contribution in [3.63, 3.8) is 0 Å². The predicted molar refractivity (Wildman–Crippen MR) is 65.9 cm³/mol. The largest absolute Gasteiger partial charge is 0.369 e. The highest BCUT2D eigenvalue weighted by atomic mass is 15.1. The first kappa shape index (κ1) is 10.4. The maximum absolute atomic E-state index is 4.30. The zero-order chi connectivity index (χ0) is 11.4. The Kier molecular flexibility index (Phi) is 3.00. The molecule has 82 valence electrons. The van der Waals surface area contributed by atoms with Crippen molar-refractivity contribution >= 4 is 12.0 Å². The second kappa shape index (κ2) is 4.61. The van der Waals surface area contributed by atoms with Gasteiger partial charge in [0.2, 0.25) is 0 Å². The van der Waals surface area contributed by atoms with E-state index in [2.05, 4.69) is 15.0 Å². The number of hydrogen-bond acceptors (Lipinski definition) is 2. The quantitative estimate of drug-likeness (QED) is 0.629. The van der Waals surface area contributed by atoms with E-state index in [4.69, 9.17) is 0 Å². The third-order valence-electron chi connectivity index (χ3n) is 2.10. The molecule has 16 heavy (non-hydrogen) atoms. The zero-order valence-electron chi connectivity index (χ0n) is 9.38. The highest BCUT2D eigenvalue weighted by Crippen LogP contribution is 2.19. The Hall–Kier alpha value is -2.10. The number of aromatic amines is 1. The zero-order valence-corrected chi connectivity index (χ0v) is 9.38. The predicted octanol–water partition coefficient (Wildman–Crippen LogP) is 2.30. The van der Waals surface area contributed by atoms with Gasteiger partial charge in [-0.25, -0.2) is 9.98 Å². The molecule has 0 amide bonds. The molecule has 1 N–H and O–H groups in total. The van der Waals surface area contributed by atoms with Crippen molar-refractivity contribution in [1.82, 2.24) is 14.9 Å². The molecule has 0 aliphatic heterocycles. The second-order valence-corrected chi connectivity index (χ2v) is 3.71. The number of rotatable bonds is 3. The first-order valence-corrected chi connectivity index (χ1v) is 5.05. The molecule has 1 heterocycles. The molecule has 4 nitrogen and oxygen atoms in total. The van der Waals surface area contributed by atoms with Crippen LogP contribution in [-0.2, 0) is 0 Å². The summed E-state index contributed by atoms with van der Waals surface area (Å²) in [6, 6.07) is 7.98. The van der Waals surface area contributed by atoms with Crippen LogP contribution >= 0.6 is 0 Å². The topological polar surface area (TPSA) is 44.3 Å². The van der Waals surface area contributed by atoms with Gasteiger partial charge in [-0.3, -0.25) is 0 Å². The van der Waals surface area contributed by atoms with Gasteiger partial charge in [0.15, 0.2) is 0 Å². The maximum atomic E-state index is 4.30. The van der Waals surface area contributed by atoms with Crippen LogP contribution in [0.25, 0.3) is 11.3 Å². The summed E-state index contributed by atoms with van der Waals surface area (Å²) in [7, 11) is 3.89. The molecule has 0 atom stereocenters. The Morgan fingerprint density at radius 2 is 2.00 bits per heavy atom. The minimum Gasteiger partial charge on any atom is -0.369 e. The minimum atomic E-state index is 0.938. The number of hydrogen-bond donors (Lipinski definition) is 1. The first-order valence-electron chi connectivity index (χ1n) is 5.05. The van der Waals surface area contributed by atoms with E-state index in [-0.39, 0.29) is 0 Å². The molecular weight excluding hydrogens is 200 g/mol. The summed E-state index contributed by atoms with van der Waals surface area (Å²) >= 11 is 0. The minimum absolute atomic E-state index is 0.938. The molecule has 1 aromatic carbocycles. The fourth-order valence-electron chi connectivity index (χ4n) is 1.32. The van der Waals surface area contributed by atoms with Gasteiger partial charge in [0.1, 0.15) is 0 Å². The van der Waals surface area contributed by atoms with Crippen LogP contribution in [0.3, 0.4) is 0 Å². The lowest BCUT2D eigenvalue weighted by Crippen LogP contribution is -2.06. The highest BCUT2D eigenvalue weighted by Gasteiger charge is 1.98. The fourth-order valence-corrected chi connectivity index (χ4v) is 1.32. The molecule has 1 aromatic heterocycles. The van der Waals surface area contributed by atoms with Gasteiger partial charge in [-0.2, -0.15) is 0 Å². The molecule has 2 aromatic rings. The Bertz CT molecular complexity index is 454. The third kappa shape index (κ3) is 2.48. The van der Waals surface area contributed by atoms with Crippen molar-refractivity contribution in [2.45, 2.75) is 0 Å². The molecule has 0 aliphatic rings. The summed E-state index contributed by atoms with van der Waals surface area (Å²) in [5.41, 5.74) is 2.97. The lowest BCUT2D eigenvalue weighted by molar-refractivity contribution is 0.643. The average Bonchev–Trinajstić information content (AvgIpc) is 2.80. The van der Waals surface area contributed by atoms with Gasteiger partial charge in [0.05, 0.1) is 24.0 Å². The van der Waals surface area contributed by atoms with Gasteiger partial charge in [-0.1, -0.05) is 12.1 Å². The van der Waals surface area contributed by atoms with Crippen LogP contribution in [0.4, 0.5) is 5.69 Å². The number of benzene rings is 1. The van der Waals surface area contributed by atoms with Crippen LogP contribution in [0.2, 0.25) is 0 Å². The number of nitrogens with zero attached hydrogens (tertiary/aromatic N) is 3. The van der Waals surface area contributed by atoms with Crippen molar-refractivity contribution in [1.29, 1.82) is 0 Å². The Balaban J connectivity index is 2.17. The summed E-state index contributed by atoms with van der Waals surface area (Å²) in [4.78, 5) is 13.3. The van der Waals surface area contributed by atoms with Gasteiger partial charge in [-0.05, 0) is 12.1 Å². The summed E-state index contributed by atoms with van der Waals surface area (Å²) < 4.78 is 0. The second-order valence-electron chi connectivity index (χ2n) is 3.71. The van der Waals surface area contributed by atoms with E-state index in [1.165, 1.54) is 0 Å². The van der Waals surface area contributed by atoms with E-state index in [9.17, 15) is 0 Å². The first-order chi connectivity index (χ1) is 7.75. The van der Waals surface area contributed by atoms with E-state index in [1.807, 2.05) is 49.5 Å². The molecule has 0 bridgehead atoms. The third-order valence-corrected chi connectivity index (χ3v) is 2.10. The Labute approximate surface area is 94.7 Å². The number of imidazole rings is 1. The van der Waals surface area contributed by atoms with Crippen molar-refractivity contribution in [3.8, 4) is 11.3 Å². The Morgan fingerprint density at radius 1 is 1.25 bits per heavy atom. The molecule has 0 saturated carbocycles. The number of aliphatic imine (C=N–C) groups is 1. The van der Waals surface area contributed by atoms with Crippen molar-refractivity contribution in [3.05, 3.63) is 36.8 Å². The van der Waals surface area contributed by atoms with Gasteiger partial charge in [0.25, 0.3) is 0 Å². The SMILES string of the molecule is CN(C)/C=N/c1ccc(-c2c[nH]cn2)cc1. The maximum Gasteiger partial charge on any atom is 0.0927 e. The number of nitrogens with one attached hydrogen (secondary N) is 1. The van der Waals surface area contributed by atoms with E-state index >= 15 is 0 Å². The molecule has 2 rings (SSSR count). The number of aromatic nitrogens is 2. The monoisotopic (exact) mass is 214 g/mol. The molecular formula is C12H14N4. The van der Waals surface area contributed by atoms with E-state index in [0.29, 0.717) is 0 Å². The summed E-state index contributed by atoms with van der Waals surface area (Å²) in [5, 5.41) is 0. The van der Waals surface area contributed by atoms with Crippen LogP contribution in [0.1, 0.15) is 0 Å². The van der Waals surface area contributed by atoms with Crippen LogP contribution in [0.5, 0.6) is 0 Å². The summed E-state index contributed by atoms with van der Waals surface area (Å²) in [6.07, 6.45) is 5.33. The molecule has 0 spiro atoms. The highest BCUT2D eigenvalue weighted by molar-refractivity contribution is 5.64. The molecule has 0 radical (unpaired) electrons. The summed E-state index contributed by atoms with van der Waals surface area (Å²) in [5.74, 6) is 0. The summed E-state index contributed by atoms with van der Waals surface area (Å²) in [6.45, 7) is 0. The molecule has 0 fully saturated rings. The standard InChI is InChI=1S/C12H14N4/c1-16(2)9-15-11-5-3-10(4-6-11)12-7-13-8-14-12/h3-9H,1-2H3,(H,13,14)/b15-9+. The van der Waals surface area contributed by atoms with Gasteiger partial charge in [-0.15, -0.1) is 0 Å². The van der Waals surface area contributed by atoms with Gasteiger partial charge >= 0.3 is 0 Å². The Morgan fingerprint density at radius 3 is 2.56 bits per heavy atom. The van der Waals surface area contributed by atoms with Crippen LogP contribution in [0, 0.1) is 0 Å². The van der Waals surface area contributed by atoms with Crippen molar-refractivity contribution < 1.29 is 0 Å². The van der Waals surface area contributed by atoms with Crippen molar-refractivity contribution in [2.24, 2.45) is 4.99 Å². The van der Waals surface area contributed by atoms with Crippen molar-refractivity contribution in [2.75, 3.05) is 14.1 Å². The molecule has 0 saturated heterocycles. The van der Waals surface area contributed by atoms with Crippen LogP contribution in [-0.4, -0.2) is 35.3 Å². The normalized spacial score (nSPS) is 10.9.